The molecule has 0 atom stereocenters. The Morgan fingerprint density at radius 2 is 1.80 bits per heavy atom. The standard InChI is InChI=1S/C6H10BrN.C2HF3O2/c7-5-6-1-3-8-4-2-6;3-2(4,5)1(6)7/h5,8H,1-4H2;(H,6,7). The van der Waals surface area contributed by atoms with Crippen LogP contribution in [0.5, 0.6) is 0 Å². The highest BCUT2D eigenvalue weighted by atomic mass is 79.9. The first-order chi connectivity index (χ1) is 6.88. The second kappa shape index (κ2) is 6.84. The van der Waals surface area contributed by atoms with Crippen molar-refractivity contribution < 1.29 is 23.1 Å². The first-order valence-corrected chi connectivity index (χ1v) is 5.08. The van der Waals surface area contributed by atoms with Gasteiger partial charge in [0.05, 0.1) is 0 Å². The van der Waals surface area contributed by atoms with E-state index < -0.39 is 12.1 Å². The average molecular weight is 290 g/mol. The predicted octanol–water partition coefficient (Wildman–Crippen LogP) is 2.28. The number of halogens is 4. The Balaban J connectivity index is 0.000000265. The maximum atomic E-state index is 10.6. The molecule has 0 spiro atoms. The van der Waals surface area contributed by atoms with Crippen LogP contribution in [0.1, 0.15) is 12.8 Å². The molecule has 1 aliphatic heterocycles. The molecule has 0 amide bonds. The molecule has 1 aliphatic rings. The molecule has 0 unspecified atom stereocenters. The molecular formula is C8H11BrF3NO2. The van der Waals surface area contributed by atoms with Crippen molar-refractivity contribution in [3.05, 3.63) is 10.6 Å². The maximum absolute atomic E-state index is 10.6. The van der Waals surface area contributed by atoms with Gasteiger partial charge in [0.15, 0.2) is 0 Å². The Labute approximate surface area is 93.5 Å². The molecule has 0 aromatic heterocycles. The van der Waals surface area contributed by atoms with Crippen molar-refractivity contribution in [1.29, 1.82) is 0 Å². The van der Waals surface area contributed by atoms with E-state index in [9.17, 15) is 13.2 Å². The molecule has 0 aromatic rings. The highest BCUT2D eigenvalue weighted by Crippen LogP contribution is 2.13. The van der Waals surface area contributed by atoms with Crippen LogP contribution in [0.3, 0.4) is 0 Å². The molecule has 1 saturated heterocycles. The molecule has 15 heavy (non-hydrogen) atoms. The number of carboxylic acid groups (broad SMARTS) is 1. The van der Waals surface area contributed by atoms with Gasteiger partial charge in [0.2, 0.25) is 0 Å². The Morgan fingerprint density at radius 1 is 1.40 bits per heavy atom. The van der Waals surface area contributed by atoms with Gasteiger partial charge in [0, 0.05) is 0 Å². The third-order valence-electron chi connectivity index (χ3n) is 1.64. The minimum Gasteiger partial charge on any atom is -0.475 e. The summed E-state index contributed by atoms with van der Waals surface area (Å²) in [7, 11) is 0. The van der Waals surface area contributed by atoms with Gasteiger partial charge in [0.25, 0.3) is 0 Å². The van der Waals surface area contributed by atoms with Crippen LogP contribution in [0, 0.1) is 0 Å². The van der Waals surface area contributed by atoms with Crippen LogP contribution >= 0.6 is 15.9 Å². The summed E-state index contributed by atoms with van der Waals surface area (Å²) < 4.78 is 31.7. The largest absolute Gasteiger partial charge is 0.490 e. The lowest BCUT2D eigenvalue weighted by Gasteiger charge is -2.13. The second-order valence-corrected chi connectivity index (χ2v) is 3.28. The van der Waals surface area contributed by atoms with Crippen LogP contribution in [-0.2, 0) is 4.79 Å². The number of hydrogen-bond donors (Lipinski definition) is 2. The van der Waals surface area contributed by atoms with Gasteiger partial charge in [-0.2, -0.15) is 13.2 Å². The molecule has 0 saturated carbocycles. The summed E-state index contributed by atoms with van der Waals surface area (Å²) in [5.41, 5.74) is 1.53. The third kappa shape index (κ3) is 7.38. The summed E-state index contributed by atoms with van der Waals surface area (Å²) in [5.74, 6) is -2.76. The topological polar surface area (TPSA) is 49.3 Å². The predicted molar refractivity (Wildman–Crippen MR) is 52.8 cm³/mol. The quantitative estimate of drug-likeness (QED) is 0.719. The number of piperidine rings is 1. The van der Waals surface area contributed by atoms with E-state index >= 15 is 0 Å². The Morgan fingerprint density at radius 3 is 2.00 bits per heavy atom. The van der Waals surface area contributed by atoms with E-state index in [1.54, 1.807) is 0 Å². The number of carbonyl (C=O) groups is 1. The maximum Gasteiger partial charge on any atom is 0.490 e. The first-order valence-electron chi connectivity index (χ1n) is 4.17. The van der Waals surface area contributed by atoms with Gasteiger partial charge in [-0.3, -0.25) is 0 Å². The second-order valence-electron chi connectivity index (χ2n) is 2.82. The van der Waals surface area contributed by atoms with Crippen LogP contribution in [0.25, 0.3) is 0 Å². The number of alkyl halides is 3. The smallest absolute Gasteiger partial charge is 0.475 e. The Kier molecular flexibility index (Phi) is 6.58. The summed E-state index contributed by atoms with van der Waals surface area (Å²) in [6.07, 6.45) is -2.66. The molecular weight excluding hydrogens is 279 g/mol. The number of rotatable bonds is 0. The van der Waals surface area contributed by atoms with E-state index in [-0.39, 0.29) is 0 Å². The lowest BCUT2D eigenvalue weighted by atomic mass is 10.1. The highest BCUT2D eigenvalue weighted by molar-refractivity contribution is 9.11. The van der Waals surface area contributed by atoms with Crippen molar-refractivity contribution in [3.8, 4) is 0 Å². The number of hydrogen-bond acceptors (Lipinski definition) is 2. The molecule has 0 aromatic carbocycles. The van der Waals surface area contributed by atoms with Crippen LogP contribution in [0.2, 0.25) is 0 Å². The number of carboxylic acids is 1. The van der Waals surface area contributed by atoms with E-state index in [1.807, 2.05) is 4.99 Å². The van der Waals surface area contributed by atoms with Gasteiger partial charge in [-0.25, -0.2) is 4.79 Å². The summed E-state index contributed by atoms with van der Waals surface area (Å²) in [6, 6.07) is 0. The minimum absolute atomic E-state index is 1.15. The molecule has 1 rings (SSSR count). The third-order valence-corrected chi connectivity index (χ3v) is 2.29. The average Bonchev–Trinajstić information content (AvgIpc) is 2.18. The monoisotopic (exact) mass is 289 g/mol. The zero-order chi connectivity index (χ0) is 11.9. The number of nitrogens with one attached hydrogen (secondary N) is 1. The van der Waals surface area contributed by atoms with E-state index in [4.69, 9.17) is 9.90 Å². The summed E-state index contributed by atoms with van der Waals surface area (Å²) in [6.45, 7) is 2.30. The van der Waals surface area contributed by atoms with Crippen molar-refractivity contribution in [2.75, 3.05) is 13.1 Å². The van der Waals surface area contributed by atoms with Crippen molar-refractivity contribution in [1.82, 2.24) is 5.32 Å². The summed E-state index contributed by atoms with van der Waals surface area (Å²) in [5, 5.41) is 10.4. The molecule has 88 valence electrons. The fourth-order valence-electron chi connectivity index (χ4n) is 0.857. The molecule has 1 fully saturated rings. The summed E-state index contributed by atoms with van der Waals surface area (Å²) in [4.78, 5) is 10.9. The van der Waals surface area contributed by atoms with Crippen LogP contribution in [0.4, 0.5) is 13.2 Å². The minimum atomic E-state index is -5.08. The summed E-state index contributed by atoms with van der Waals surface area (Å²) >= 11 is 3.32. The van der Waals surface area contributed by atoms with Crippen LogP contribution < -0.4 is 5.32 Å². The van der Waals surface area contributed by atoms with Gasteiger partial charge in [-0.1, -0.05) is 21.5 Å². The van der Waals surface area contributed by atoms with Crippen LogP contribution in [0.15, 0.2) is 10.6 Å². The lowest BCUT2D eigenvalue weighted by Crippen LogP contribution is -2.22. The number of aliphatic carboxylic acids is 1. The lowest BCUT2D eigenvalue weighted by molar-refractivity contribution is -0.192. The van der Waals surface area contributed by atoms with Gasteiger partial charge < -0.3 is 10.4 Å². The van der Waals surface area contributed by atoms with Gasteiger partial charge in [-0.05, 0) is 30.9 Å². The Bertz CT molecular complexity index is 233. The van der Waals surface area contributed by atoms with Crippen molar-refractivity contribution in [2.24, 2.45) is 0 Å². The highest BCUT2D eigenvalue weighted by Gasteiger charge is 2.38. The fourth-order valence-corrected chi connectivity index (χ4v) is 1.31. The molecule has 0 radical (unpaired) electrons. The van der Waals surface area contributed by atoms with Crippen molar-refractivity contribution >= 4 is 21.9 Å². The molecule has 0 aliphatic carbocycles. The van der Waals surface area contributed by atoms with Crippen molar-refractivity contribution in [3.63, 3.8) is 0 Å². The van der Waals surface area contributed by atoms with Gasteiger partial charge in [0.1, 0.15) is 0 Å². The zero-order valence-electron chi connectivity index (χ0n) is 7.77. The molecule has 0 bridgehead atoms. The van der Waals surface area contributed by atoms with Crippen LogP contribution in [-0.4, -0.2) is 30.3 Å². The van der Waals surface area contributed by atoms with E-state index in [2.05, 4.69) is 21.2 Å². The van der Waals surface area contributed by atoms with Gasteiger partial charge in [-0.15, -0.1) is 0 Å². The molecule has 7 heteroatoms. The van der Waals surface area contributed by atoms with E-state index in [0.29, 0.717) is 0 Å². The molecule has 2 N–H and O–H groups in total. The van der Waals surface area contributed by atoms with E-state index in [0.717, 1.165) is 13.1 Å². The first kappa shape index (κ1) is 14.4. The SMILES string of the molecule is BrC=C1CCNCC1.O=C(O)C(F)(F)F. The Hall–Kier alpha value is -0.560. The van der Waals surface area contributed by atoms with E-state index in [1.165, 1.54) is 18.4 Å². The molecule has 1 heterocycles. The molecule has 3 nitrogen and oxygen atoms in total. The van der Waals surface area contributed by atoms with Crippen molar-refractivity contribution in [2.45, 2.75) is 19.0 Å². The fraction of sp³-hybridized carbons (Fsp3) is 0.625. The van der Waals surface area contributed by atoms with Gasteiger partial charge >= 0.3 is 12.1 Å². The zero-order valence-corrected chi connectivity index (χ0v) is 9.36. The normalized spacial score (nSPS) is 16.4.